The zero-order valence-corrected chi connectivity index (χ0v) is 19.8. The number of aromatic nitrogens is 1. The van der Waals surface area contributed by atoms with Crippen LogP contribution >= 0.6 is 12.2 Å². The molecule has 9 heteroatoms. The van der Waals surface area contributed by atoms with Crippen molar-refractivity contribution in [2.75, 3.05) is 13.2 Å². The number of hydrogen-bond acceptors (Lipinski definition) is 5. The fourth-order valence-electron chi connectivity index (χ4n) is 4.36. The lowest BCUT2D eigenvalue weighted by molar-refractivity contribution is -0.0856. The van der Waals surface area contributed by atoms with Crippen molar-refractivity contribution in [1.29, 1.82) is 0 Å². The van der Waals surface area contributed by atoms with E-state index in [0.29, 0.717) is 12.0 Å². The fourth-order valence-corrected chi connectivity index (χ4v) is 4.64. The maximum Gasteiger partial charge on any atom is 0.257 e. The van der Waals surface area contributed by atoms with Crippen molar-refractivity contribution in [3.8, 4) is 0 Å². The Hall–Kier alpha value is -3.27. The molecule has 1 saturated heterocycles. The van der Waals surface area contributed by atoms with E-state index in [-0.39, 0.29) is 23.9 Å². The van der Waals surface area contributed by atoms with E-state index in [9.17, 15) is 14.3 Å². The Morgan fingerprint density at radius 2 is 1.97 bits per heavy atom. The van der Waals surface area contributed by atoms with Crippen molar-refractivity contribution in [2.24, 2.45) is 5.92 Å². The van der Waals surface area contributed by atoms with Gasteiger partial charge in [0, 0.05) is 41.6 Å². The highest BCUT2D eigenvalue weighted by molar-refractivity contribution is 7.80. The van der Waals surface area contributed by atoms with Gasteiger partial charge < -0.3 is 15.2 Å². The van der Waals surface area contributed by atoms with Gasteiger partial charge in [-0.25, -0.2) is 8.78 Å². The van der Waals surface area contributed by atoms with Crippen LogP contribution in [0.15, 0.2) is 66.9 Å². The number of nitrogens with one attached hydrogen (secondary N) is 2. The first-order valence-electron chi connectivity index (χ1n) is 11.1. The van der Waals surface area contributed by atoms with Gasteiger partial charge in [0.1, 0.15) is 11.6 Å². The summed E-state index contributed by atoms with van der Waals surface area (Å²) in [4.78, 5) is 16.9. The summed E-state index contributed by atoms with van der Waals surface area (Å²) in [5, 5.41) is 15.9. The number of carbonyl (C=O) groups is 1. The molecule has 1 fully saturated rings. The lowest BCUT2D eigenvalue weighted by Gasteiger charge is -2.47. The van der Waals surface area contributed by atoms with E-state index < -0.39 is 35.1 Å². The molecule has 1 amide bonds. The van der Waals surface area contributed by atoms with Gasteiger partial charge in [0.15, 0.2) is 5.11 Å². The molecule has 35 heavy (non-hydrogen) atoms. The van der Waals surface area contributed by atoms with E-state index in [2.05, 4.69) is 15.6 Å². The summed E-state index contributed by atoms with van der Waals surface area (Å²) < 4.78 is 34.9. The number of aliphatic hydroxyl groups excluding tert-OH is 1. The van der Waals surface area contributed by atoms with Gasteiger partial charge in [0.2, 0.25) is 0 Å². The number of halogens is 2. The van der Waals surface area contributed by atoms with Crippen LogP contribution in [0.5, 0.6) is 0 Å². The summed E-state index contributed by atoms with van der Waals surface area (Å²) in [6.45, 7) is 1.44. The zero-order valence-electron chi connectivity index (χ0n) is 19.0. The number of nitrogens with zero attached hydrogens (tertiary/aromatic N) is 1. The standard InChI is InChI=1S/C26H25F2N3O3S/c1-16-7-8-18(13-29-16)23-11-19(14-32)26(15-34-23,21-10-9-20(27)12-22(21)28)31-25(35)30-24(33)17-5-3-2-4-6-17/h2-10,12-13,19,23,32H,11,14-15H2,1H3,(H2,30,31,33,35)/t19-,23+,26?/m0/s1. The van der Waals surface area contributed by atoms with Gasteiger partial charge in [0.05, 0.1) is 18.2 Å². The van der Waals surface area contributed by atoms with Crippen LogP contribution in [-0.2, 0) is 10.3 Å². The highest BCUT2D eigenvalue weighted by Gasteiger charge is 2.48. The van der Waals surface area contributed by atoms with Crippen LogP contribution in [0.1, 0.15) is 39.7 Å². The van der Waals surface area contributed by atoms with E-state index >= 15 is 4.39 Å². The Morgan fingerprint density at radius 3 is 2.63 bits per heavy atom. The van der Waals surface area contributed by atoms with Crippen LogP contribution in [0.25, 0.3) is 0 Å². The molecule has 4 rings (SSSR count). The third-order valence-corrected chi connectivity index (χ3v) is 6.45. The summed E-state index contributed by atoms with van der Waals surface area (Å²) in [7, 11) is 0. The molecular formula is C26H25F2N3O3S. The fraction of sp³-hybridized carbons (Fsp3) is 0.269. The maximum atomic E-state index is 15.1. The molecule has 1 unspecified atom stereocenters. The Labute approximate surface area is 207 Å². The van der Waals surface area contributed by atoms with E-state index in [1.165, 1.54) is 6.07 Å². The van der Waals surface area contributed by atoms with Gasteiger partial charge >= 0.3 is 0 Å². The van der Waals surface area contributed by atoms with E-state index in [4.69, 9.17) is 17.0 Å². The van der Waals surface area contributed by atoms with Crippen LogP contribution in [-0.4, -0.2) is 34.3 Å². The van der Waals surface area contributed by atoms with Crippen LogP contribution in [0.2, 0.25) is 0 Å². The second kappa shape index (κ2) is 10.6. The molecular weight excluding hydrogens is 472 g/mol. The number of hydrogen-bond donors (Lipinski definition) is 3. The molecule has 3 N–H and O–H groups in total. The smallest absolute Gasteiger partial charge is 0.257 e. The summed E-state index contributed by atoms with van der Waals surface area (Å²) in [5.74, 6) is -2.58. The van der Waals surface area contributed by atoms with Crippen molar-refractivity contribution >= 4 is 23.2 Å². The molecule has 0 spiro atoms. The molecule has 0 aliphatic carbocycles. The molecule has 3 atom stereocenters. The molecule has 0 saturated carbocycles. The summed E-state index contributed by atoms with van der Waals surface area (Å²) in [5.41, 5.74) is 0.788. The number of ether oxygens (including phenoxy) is 1. The average Bonchev–Trinajstić information content (AvgIpc) is 2.85. The summed E-state index contributed by atoms with van der Waals surface area (Å²) in [6.07, 6.45) is 1.62. The first kappa shape index (κ1) is 24.8. The number of aryl methyl sites for hydroxylation is 1. The molecule has 1 aliphatic rings. The Morgan fingerprint density at radius 1 is 1.20 bits per heavy atom. The molecule has 3 aromatic rings. The average molecular weight is 498 g/mol. The number of aliphatic hydroxyl groups is 1. The summed E-state index contributed by atoms with van der Waals surface area (Å²) >= 11 is 5.40. The Balaban J connectivity index is 1.65. The molecule has 1 aromatic heterocycles. The monoisotopic (exact) mass is 497 g/mol. The zero-order chi connectivity index (χ0) is 25.0. The van der Waals surface area contributed by atoms with Crippen molar-refractivity contribution in [3.63, 3.8) is 0 Å². The van der Waals surface area contributed by atoms with E-state index in [1.54, 1.807) is 36.5 Å². The van der Waals surface area contributed by atoms with Crippen molar-refractivity contribution in [2.45, 2.75) is 25.0 Å². The molecule has 0 radical (unpaired) electrons. The third kappa shape index (κ3) is 5.37. The van der Waals surface area contributed by atoms with E-state index in [1.807, 2.05) is 19.1 Å². The maximum absolute atomic E-state index is 15.1. The summed E-state index contributed by atoms with van der Waals surface area (Å²) in [6, 6.07) is 15.5. The third-order valence-electron chi connectivity index (χ3n) is 6.25. The number of carbonyl (C=O) groups excluding carboxylic acids is 1. The largest absolute Gasteiger partial charge is 0.396 e. The second-order valence-corrected chi connectivity index (χ2v) is 8.93. The molecule has 6 nitrogen and oxygen atoms in total. The highest BCUT2D eigenvalue weighted by Crippen LogP contribution is 2.43. The first-order chi connectivity index (χ1) is 16.8. The first-order valence-corrected chi connectivity index (χ1v) is 11.5. The number of pyridine rings is 1. The Kier molecular flexibility index (Phi) is 7.49. The minimum atomic E-state index is -1.36. The van der Waals surface area contributed by atoms with E-state index in [0.717, 1.165) is 23.4 Å². The number of thiocarbonyl (C=S) groups is 1. The van der Waals surface area contributed by atoms with Gasteiger partial charge in [-0.05, 0) is 55.4 Å². The number of amides is 1. The topological polar surface area (TPSA) is 83.5 Å². The normalized spacial score (nSPS) is 21.8. The predicted octanol–water partition coefficient (Wildman–Crippen LogP) is 3.94. The second-order valence-electron chi connectivity index (χ2n) is 8.52. The lowest BCUT2D eigenvalue weighted by atomic mass is 9.73. The van der Waals surface area contributed by atoms with Gasteiger partial charge in [-0.1, -0.05) is 30.3 Å². The van der Waals surface area contributed by atoms with Crippen molar-refractivity contribution in [1.82, 2.24) is 15.6 Å². The Bertz CT molecular complexity index is 1210. The highest BCUT2D eigenvalue weighted by atomic mass is 32.1. The molecule has 0 bridgehead atoms. The SMILES string of the molecule is Cc1ccc([C@H]2C[C@@H](CO)C(NC(=S)NC(=O)c3ccccc3)(c3ccc(F)cc3F)CO2)cn1. The molecule has 182 valence electrons. The van der Waals surface area contributed by atoms with Crippen molar-refractivity contribution < 1.29 is 23.4 Å². The molecule has 2 aromatic carbocycles. The van der Waals surface area contributed by atoms with Crippen molar-refractivity contribution in [3.05, 3.63) is 101 Å². The van der Waals surface area contributed by atoms with Gasteiger partial charge in [0.25, 0.3) is 5.91 Å². The van der Waals surface area contributed by atoms with Crippen LogP contribution in [0.3, 0.4) is 0 Å². The number of rotatable bonds is 5. The van der Waals surface area contributed by atoms with Gasteiger partial charge in [-0.15, -0.1) is 0 Å². The van der Waals surface area contributed by atoms with Gasteiger partial charge in [-0.2, -0.15) is 0 Å². The van der Waals surface area contributed by atoms with Gasteiger partial charge in [-0.3, -0.25) is 15.1 Å². The molecule has 2 heterocycles. The van der Waals surface area contributed by atoms with Crippen LogP contribution in [0, 0.1) is 24.5 Å². The quantitative estimate of drug-likeness (QED) is 0.464. The van der Waals surface area contributed by atoms with Crippen LogP contribution in [0.4, 0.5) is 8.78 Å². The minimum absolute atomic E-state index is 0.0694. The molecule has 1 aliphatic heterocycles. The predicted molar refractivity (Wildman–Crippen MR) is 131 cm³/mol. The van der Waals surface area contributed by atoms with Crippen LogP contribution < -0.4 is 10.6 Å². The lowest BCUT2D eigenvalue weighted by Crippen LogP contribution is -2.60. The number of benzene rings is 2. The minimum Gasteiger partial charge on any atom is -0.396 e.